The van der Waals surface area contributed by atoms with Crippen LogP contribution in [0.3, 0.4) is 0 Å². The highest BCUT2D eigenvalue weighted by atomic mass is 16.3. The first kappa shape index (κ1) is 13.7. The summed E-state index contributed by atoms with van der Waals surface area (Å²) in [5, 5.41) is 13.0. The molecule has 1 unspecified atom stereocenters. The van der Waals surface area contributed by atoms with Gasteiger partial charge in [0.25, 0.3) is 0 Å². The Hall–Kier alpha value is -2.72. The summed E-state index contributed by atoms with van der Waals surface area (Å²) in [7, 11) is 2.21. The molecule has 0 saturated heterocycles. The number of aromatic nitrogens is 2. The molecule has 120 valence electrons. The minimum absolute atomic E-state index is 0.109. The van der Waals surface area contributed by atoms with Gasteiger partial charge in [-0.2, -0.15) is 0 Å². The van der Waals surface area contributed by atoms with Crippen LogP contribution in [0.4, 0.5) is 0 Å². The van der Waals surface area contributed by atoms with Crippen LogP contribution in [0.25, 0.3) is 21.8 Å². The average molecular weight is 318 g/mol. The van der Waals surface area contributed by atoms with E-state index in [9.17, 15) is 5.11 Å². The van der Waals surface area contributed by atoms with E-state index in [1.54, 1.807) is 0 Å². The molecule has 24 heavy (non-hydrogen) atoms. The minimum atomic E-state index is 0.109. The van der Waals surface area contributed by atoms with E-state index in [2.05, 4.69) is 47.3 Å². The lowest BCUT2D eigenvalue weighted by molar-refractivity contribution is -0.908. The number of aromatic hydroxyl groups is 1. The maximum atomic E-state index is 10.6. The number of likely N-dealkylation sites (N-methyl/N-ethyl adjacent to an activating group) is 1. The first-order valence-electron chi connectivity index (χ1n) is 8.45. The Balaban J connectivity index is 1.81. The molecule has 2 atom stereocenters. The molecule has 4 N–H and O–H groups in total. The van der Waals surface area contributed by atoms with Crippen LogP contribution < -0.4 is 4.90 Å². The van der Waals surface area contributed by atoms with Gasteiger partial charge in [-0.1, -0.05) is 36.4 Å². The van der Waals surface area contributed by atoms with Crippen molar-refractivity contribution in [1.29, 1.82) is 0 Å². The van der Waals surface area contributed by atoms with Gasteiger partial charge in [0.05, 0.1) is 24.8 Å². The summed E-state index contributed by atoms with van der Waals surface area (Å²) in [5.74, 6) is 0.284. The van der Waals surface area contributed by atoms with E-state index in [1.807, 2.05) is 18.2 Å². The normalized spacial score (nSPS) is 20.5. The SMILES string of the molecule is C[NH+]1CCc2c([nH]c3ccccc23)[C@H]1c1c(O)[nH]c2ccccc12. The van der Waals surface area contributed by atoms with E-state index in [0.29, 0.717) is 0 Å². The van der Waals surface area contributed by atoms with Crippen LogP contribution in [-0.4, -0.2) is 28.7 Å². The summed E-state index contributed by atoms with van der Waals surface area (Å²) >= 11 is 0. The number of hydrogen-bond donors (Lipinski definition) is 4. The smallest absolute Gasteiger partial charge is 0.199 e. The Morgan fingerprint density at radius 3 is 2.42 bits per heavy atom. The topological polar surface area (TPSA) is 56.2 Å². The van der Waals surface area contributed by atoms with Gasteiger partial charge in [-0.05, 0) is 17.7 Å². The van der Waals surface area contributed by atoms with Gasteiger partial charge in [0.15, 0.2) is 11.9 Å². The van der Waals surface area contributed by atoms with Crippen LogP contribution in [0.2, 0.25) is 0 Å². The van der Waals surface area contributed by atoms with Crippen molar-refractivity contribution in [3.63, 3.8) is 0 Å². The third-order valence-corrected chi connectivity index (χ3v) is 5.41. The molecule has 1 aliphatic rings. The predicted molar refractivity (Wildman–Crippen MR) is 95.6 cm³/mol. The third kappa shape index (κ3) is 1.77. The molecular formula is C20H20N3O+. The molecule has 0 fully saturated rings. The molecule has 5 rings (SSSR count). The van der Waals surface area contributed by atoms with Crippen molar-refractivity contribution in [1.82, 2.24) is 9.97 Å². The predicted octanol–water partition coefficient (Wildman–Crippen LogP) is 2.52. The number of aromatic amines is 2. The highest BCUT2D eigenvalue weighted by Crippen LogP contribution is 2.38. The second kappa shape index (κ2) is 4.89. The van der Waals surface area contributed by atoms with Crippen molar-refractivity contribution in [3.05, 3.63) is 65.4 Å². The fraction of sp³-hybridized carbons (Fsp3) is 0.200. The van der Waals surface area contributed by atoms with E-state index in [1.165, 1.54) is 27.1 Å². The molecule has 4 aromatic rings. The monoisotopic (exact) mass is 318 g/mol. The molecule has 2 aromatic heterocycles. The van der Waals surface area contributed by atoms with Crippen molar-refractivity contribution in [2.24, 2.45) is 0 Å². The lowest BCUT2D eigenvalue weighted by Crippen LogP contribution is -3.10. The number of H-pyrrole nitrogens is 2. The molecule has 3 heterocycles. The van der Waals surface area contributed by atoms with E-state index < -0.39 is 0 Å². The fourth-order valence-electron chi connectivity index (χ4n) is 4.28. The molecule has 1 aliphatic heterocycles. The molecule has 0 aliphatic carbocycles. The number of fused-ring (bicyclic) bond motifs is 4. The number of quaternary nitrogens is 1. The zero-order valence-electron chi connectivity index (χ0n) is 13.6. The summed E-state index contributed by atoms with van der Waals surface area (Å²) in [5.41, 5.74) is 5.80. The third-order valence-electron chi connectivity index (χ3n) is 5.41. The minimum Gasteiger partial charge on any atom is -0.494 e. The first-order valence-corrected chi connectivity index (χ1v) is 8.45. The number of benzene rings is 2. The largest absolute Gasteiger partial charge is 0.494 e. The summed E-state index contributed by atoms with van der Waals surface area (Å²) in [4.78, 5) is 8.17. The van der Waals surface area contributed by atoms with Gasteiger partial charge in [-0.25, -0.2) is 0 Å². The van der Waals surface area contributed by atoms with E-state index in [-0.39, 0.29) is 11.9 Å². The number of para-hydroxylation sites is 2. The molecule has 0 spiro atoms. The van der Waals surface area contributed by atoms with Crippen LogP contribution in [0, 0.1) is 0 Å². The van der Waals surface area contributed by atoms with E-state index >= 15 is 0 Å². The van der Waals surface area contributed by atoms with Gasteiger partial charge in [-0.15, -0.1) is 0 Å². The molecule has 0 amide bonds. The second-order valence-electron chi connectivity index (χ2n) is 6.78. The van der Waals surface area contributed by atoms with Crippen LogP contribution >= 0.6 is 0 Å². The van der Waals surface area contributed by atoms with E-state index in [0.717, 1.165) is 29.4 Å². The van der Waals surface area contributed by atoms with Crippen molar-refractivity contribution < 1.29 is 10.0 Å². The fourth-order valence-corrected chi connectivity index (χ4v) is 4.28. The molecule has 2 aromatic carbocycles. The molecule has 4 heteroatoms. The van der Waals surface area contributed by atoms with Gasteiger partial charge in [0, 0.05) is 28.2 Å². The summed E-state index contributed by atoms with van der Waals surface area (Å²) in [6.07, 6.45) is 1.06. The van der Waals surface area contributed by atoms with Gasteiger partial charge in [0.1, 0.15) is 0 Å². The van der Waals surface area contributed by atoms with Gasteiger partial charge < -0.3 is 20.0 Å². The molecule has 4 nitrogen and oxygen atoms in total. The highest BCUT2D eigenvalue weighted by molar-refractivity contribution is 5.88. The van der Waals surface area contributed by atoms with Crippen molar-refractivity contribution in [2.45, 2.75) is 12.5 Å². The standard InChI is InChI=1S/C20H19N3O/c1-23-11-10-13-12-6-2-4-8-15(12)21-18(13)19(23)17-14-7-3-5-9-16(14)22-20(17)24/h2-9,19,21-22,24H,10-11H2,1H3/p+1/t19-/m1/s1. The van der Waals surface area contributed by atoms with Crippen LogP contribution in [0.1, 0.15) is 22.9 Å². The number of rotatable bonds is 1. The van der Waals surface area contributed by atoms with Crippen molar-refractivity contribution in [2.75, 3.05) is 13.6 Å². The highest BCUT2D eigenvalue weighted by Gasteiger charge is 2.36. The lowest BCUT2D eigenvalue weighted by Gasteiger charge is -2.29. The summed E-state index contributed by atoms with van der Waals surface area (Å²) in [6.45, 7) is 1.05. The Morgan fingerprint density at radius 2 is 1.62 bits per heavy atom. The van der Waals surface area contributed by atoms with Crippen molar-refractivity contribution >= 4 is 21.8 Å². The van der Waals surface area contributed by atoms with Gasteiger partial charge in [0.2, 0.25) is 0 Å². The average Bonchev–Trinajstić information content (AvgIpc) is 3.12. The Kier molecular flexibility index (Phi) is 2.79. The number of hydrogen-bond acceptors (Lipinski definition) is 1. The molecule has 0 bridgehead atoms. The number of nitrogens with one attached hydrogen (secondary N) is 3. The van der Waals surface area contributed by atoms with Crippen molar-refractivity contribution in [3.8, 4) is 5.88 Å². The second-order valence-corrected chi connectivity index (χ2v) is 6.78. The van der Waals surface area contributed by atoms with E-state index in [4.69, 9.17) is 0 Å². The Bertz CT molecular complexity index is 1060. The van der Waals surface area contributed by atoms with Crippen LogP contribution in [0.5, 0.6) is 5.88 Å². The zero-order chi connectivity index (χ0) is 16.3. The van der Waals surface area contributed by atoms with Crippen LogP contribution in [0.15, 0.2) is 48.5 Å². The maximum Gasteiger partial charge on any atom is 0.199 e. The molecule has 0 radical (unpaired) electrons. The van der Waals surface area contributed by atoms with Crippen LogP contribution in [-0.2, 0) is 6.42 Å². The Morgan fingerprint density at radius 1 is 0.958 bits per heavy atom. The summed E-state index contributed by atoms with van der Waals surface area (Å²) in [6, 6.07) is 16.7. The summed E-state index contributed by atoms with van der Waals surface area (Å²) < 4.78 is 0. The molecule has 0 saturated carbocycles. The molecular weight excluding hydrogens is 298 g/mol. The maximum absolute atomic E-state index is 10.6. The first-order chi connectivity index (χ1) is 11.7. The zero-order valence-corrected chi connectivity index (χ0v) is 13.6. The quantitative estimate of drug-likeness (QED) is 0.428. The van der Waals surface area contributed by atoms with Gasteiger partial charge >= 0.3 is 0 Å². The Labute approximate surface area is 139 Å². The van der Waals surface area contributed by atoms with Gasteiger partial charge in [-0.3, -0.25) is 0 Å². The lowest BCUT2D eigenvalue weighted by atomic mass is 9.92.